The summed E-state index contributed by atoms with van der Waals surface area (Å²) in [5.74, 6) is -0.574. The molecule has 1 N–H and O–H groups in total. The molecule has 10 heteroatoms. The molecule has 1 amide bonds. The molecule has 0 saturated heterocycles. The molecule has 0 bridgehead atoms. The van der Waals surface area contributed by atoms with Gasteiger partial charge in [-0.15, -0.1) is 0 Å². The molecule has 0 spiro atoms. The van der Waals surface area contributed by atoms with E-state index in [1.54, 1.807) is 24.4 Å². The first-order valence-corrected chi connectivity index (χ1v) is 10.1. The van der Waals surface area contributed by atoms with Crippen LogP contribution in [0.2, 0.25) is 0 Å². The van der Waals surface area contributed by atoms with Crippen molar-refractivity contribution in [1.82, 2.24) is 19.3 Å². The van der Waals surface area contributed by atoms with Crippen molar-refractivity contribution in [2.75, 3.05) is 5.32 Å². The molecule has 0 radical (unpaired) electrons. The third kappa shape index (κ3) is 4.49. The number of nitro groups is 1. The van der Waals surface area contributed by atoms with E-state index in [0.717, 1.165) is 0 Å². The fraction of sp³-hybridized carbons (Fsp3) is 0.174. The maximum absolute atomic E-state index is 13.4. The van der Waals surface area contributed by atoms with E-state index in [4.69, 9.17) is 0 Å². The maximum Gasteiger partial charge on any atom is 0.294 e. The number of rotatable bonds is 5. The molecule has 2 aromatic carbocycles. The van der Waals surface area contributed by atoms with E-state index in [1.165, 1.54) is 52.1 Å². The highest BCUT2D eigenvalue weighted by atomic mass is 19.1. The van der Waals surface area contributed by atoms with Crippen molar-refractivity contribution in [2.45, 2.75) is 26.2 Å². The number of hydrogen-bond acceptors (Lipinski definition) is 5. The number of hydrogen-bond donors (Lipinski definition) is 1. The molecule has 9 nitrogen and oxygen atoms in total. The lowest BCUT2D eigenvalue weighted by Crippen LogP contribution is -2.16. The monoisotopic (exact) mass is 448 g/mol. The zero-order valence-electron chi connectivity index (χ0n) is 18.2. The van der Waals surface area contributed by atoms with Crippen LogP contribution < -0.4 is 5.32 Å². The van der Waals surface area contributed by atoms with E-state index in [1.807, 2.05) is 20.8 Å². The number of nitrogens with one attached hydrogen (secondary N) is 1. The van der Waals surface area contributed by atoms with Gasteiger partial charge in [0.15, 0.2) is 0 Å². The van der Waals surface area contributed by atoms with E-state index >= 15 is 0 Å². The topological polar surface area (TPSA) is 108 Å². The largest absolute Gasteiger partial charge is 0.306 e. The summed E-state index contributed by atoms with van der Waals surface area (Å²) in [6.45, 7) is 5.94. The van der Waals surface area contributed by atoms with E-state index in [0.29, 0.717) is 22.9 Å². The normalized spacial score (nSPS) is 11.4. The van der Waals surface area contributed by atoms with Crippen molar-refractivity contribution in [2.24, 2.45) is 0 Å². The van der Waals surface area contributed by atoms with Gasteiger partial charge in [0.2, 0.25) is 0 Å². The second-order valence-corrected chi connectivity index (χ2v) is 8.44. The molecule has 33 heavy (non-hydrogen) atoms. The fourth-order valence-electron chi connectivity index (χ4n) is 3.24. The summed E-state index contributed by atoms with van der Waals surface area (Å²) in [4.78, 5) is 28.0. The average molecular weight is 448 g/mol. The summed E-state index contributed by atoms with van der Waals surface area (Å²) in [7, 11) is 0. The van der Waals surface area contributed by atoms with Gasteiger partial charge in [-0.2, -0.15) is 5.10 Å². The molecule has 4 rings (SSSR count). The highest BCUT2D eigenvalue weighted by molar-refractivity contribution is 6.04. The zero-order valence-corrected chi connectivity index (χ0v) is 18.2. The first-order valence-electron chi connectivity index (χ1n) is 10.1. The lowest BCUT2D eigenvalue weighted by atomic mass is 9.92. The lowest BCUT2D eigenvalue weighted by molar-refractivity contribution is -0.384. The number of nitro benzene ring substituents is 1. The summed E-state index contributed by atoms with van der Waals surface area (Å²) >= 11 is 0. The van der Waals surface area contributed by atoms with Crippen LogP contribution in [0.5, 0.6) is 0 Å². The van der Waals surface area contributed by atoms with Gasteiger partial charge in [-0.1, -0.05) is 20.8 Å². The second kappa shape index (κ2) is 8.30. The first kappa shape index (κ1) is 21.9. The Morgan fingerprint density at radius 3 is 2.45 bits per heavy atom. The van der Waals surface area contributed by atoms with Gasteiger partial charge < -0.3 is 9.88 Å². The average Bonchev–Trinajstić information content (AvgIpc) is 3.44. The predicted octanol–water partition coefficient (Wildman–Crippen LogP) is 4.66. The number of imidazole rings is 1. The molecule has 0 aliphatic rings. The minimum atomic E-state index is -0.549. The first-order chi connectivity index (χ1) is 15.6. The Kier molecular flexibility index (Phi) is 5.50. The van der Waals surface area contributed by atoms with Crippen LogP contribution in [0, 0.1) is 15.9 Å². The van der Waals surface area contributed by atoms with Gasteiger partial charge in [0, 0.05) is 35.5 Å². The molecule has 0 fully saturated rings. The lowest BCUT2D eigenvalue weighted by Gasteiger charge is -2.14. The van der Waals surface area contributed by atoms with Crippen LogP contribution in [0.4, 0.5) is 15.9 Å². The maximum atomic E-state index is 13.4. The molecular weight excluding hydrogens is 427 g/mol. The van der Waals surface area contributed by atoms with Crippen LogP contribution in [0.1, 0.15) is 36.8 Å². The zero-order chi connectivity index (χ0) is 23.8. The van der Waals surface area contributed by atoms with Crippen molar-refractivity contribution in [3.05, 3.63) is 94.4 Å². The van der Waals surface area contributed by atoms with Crippen molar-refractivity contribution in [3.63, 3.8) is 0 Å². The quantitative estimate of drug-likeness (QED) is 0.353. The third-order valence-corrected chi connectivity index (χ3v) is 5.01. The number of anilines is 1. The summed E-state index contributed by atoms with van der Waals surface area (Å²) in [6, 6.07) is 11.6. The molecule has 2 aromatic heterocycles. The molecule has 0 saturated carbocycles. The molecule has 168 valence electrons. The van der Waals surface area contributed by atoms with Gasteiger partial charge in [-0.05, 0) is 36.4 Å². The van der Waals surface area contributed by atoms with Crippen LogP contribution >= 0.6 is 0 Å². The summed E-state index contributed by atoms with van der Waals surface area (Å²) in [5.41, 5.74) is 1.13. The summed E-state index contributed by atoms with van der Waals surface area (Å²) in [5, 5.41) is 19.0. The van der Waals surface area contributed by atoms with E-state index < -0.39 is 16.6 Å². The van der Waals surface area contributed by atoms with Gasteiger partial charge in [-0.3, -0.25) is 14.9 Å². The van der Waals surface area contributed by atoms with E-state index in [-0.39, 0.29) is 16.7 Å². The molecule has 0 aliphatic carbocycles. The number of aromatic nitrogens is 4. The standard InChI is InChI=1S/C23H21FN6O3/c1-23(2,3)20-13-21(29(27-20)17-7-5-16(24)6-8-17)26-22(31)15-4-9-18(19(12-15)30(32)33)28-11-10-25-14-28/h4-14H,1-3H3,(H,26,31). The predicted molar refractivity (Wildman–Crippen MR) is 120 cm³/mol. The smallest absolute Gasteiger partial charge is 0.294 e. The van der Waals surface area contributed by atoms with Crippen LogP contribution in [-0.2, 0) is 5.41 Å². The highest BCUT2D eigenvalue weighted by Crippen LogP contribution is 2.28. The molecule has 4 aromatic rings. The minimum absolute atomic E-state index is 0.106. The van der Waals surface area contributed by atoms with Crippen LogP contribution in [-0.4, -0.2) is 30.2 Å². The van der Waals surface area contributed by atoms with Crippen molar-refractivity contribution in [3.8, 4) is 11.4 Å². The van der Waals surface area contributed by atoms with Gasteiger partial charge in [-0.25, -0.2) is 14.1 Å². The SMILES string of the molecule is CC(C)(C)c1cc(NC(=O)c2ccc(-n3ccnc3)c([N+](=O)[O-])c2)n(-c2ccc(F)cc2)n1. The number of carbonyl (C=O) groups excluding carboxylic acids is 1. The van der Waals surface area contributed by atoms with Crippen LogP contribution in [0.3, 0.4) is 0 Å². The Morgan fingerprint density at radius 1 is 1.12 bits per heavy atom. The van der Waals surface area contributed by atoms with Crippen LogP contribution in [0.25, 0.3) is 11.4 Å². The Hall–Kier alpha value is -4.34. The molecular formula is C23H21FN6O3. The Morgan fingerprint density at radius 2 is 1.85 bits per heavy atom. The van der Waals surface area contributed by atoms with E-state index in [2.05, 4.69) is 15.4 Å². The number of nitrogens with zero attached hydrogens (tertiary/aromatic N) is 5. The van der Waals surface area contributed by atoms with Crippen molar-refractivity contribution < 1.29 is 14.1 Å². The molecule has 0 aliphatic heterocycles. The molecule has 2 heterocycles. The summed E-state index contributed by atoms with van der Waals surface area (Å²) in [6.07, 6.45) is 4.53. The number of amides is 1. The highest BCUT2D eigenvalue weighted by Gasteiger charge is 2.23. The summed E-state index contributed by atoms with van der Waals surface area (Å²) < 4.78 is 16.4. The number of benzene rings is 2. The van der Waals surface area contributed by atoms with Gasteiger partial charge >= 0.3 is 0 Å². The Balaban J connectivity index is 1.71. The van der Waals surface area contributed by atoms with Gasteiger partial charge in [0.25, 0.3) is 11.6 Å². The molecule has 0 unspecified atom stereocenters. The molecule has 0 atom stereocenters. The Bertz CT molecular complexity index is 1320. The van der Waals surface area contributed by atoms with Crippen LogP contribution in [0.15, 0.2) is 67.3 Å². The van der Waals surface area contributed by atoms with E-state index in [9.17, 15) is 19.3 Å². The van der Waals surface area contributed by atoms with Crippen molar-refractivity contribution in [1.29, 1.82) is 0 Å². The number of carbonyl (C=O) groups is 1. The second-order valence-electron chi connectivity index (χ2n) is 8.44. The van der Waals surface area contributed by atoms with Crippen molar-refractivity contribution >= 4 is 17.4 Å². The Labute approximate surface area is 188 Å². The van der Waals surface area contributed by atoms with Gasteiger partial charge in [0.1, 0.15) is 17.3 Å². The minimum Gasteiger partial charge on any atom is -0.306 e. The fourth-order valence-corrected chi connectivity index (χ4v) is 3.24. The number of halogens is 1. The third-order valence-electron chi connectivity index (χ3n) is 5.01. The van der Waals surface area contributed by atoms with Gasteiger partial charge in [0.05, 0.1) is 22.6 Å².